The van der Waals surface area contributed by atoms with Gasteiger partial charge in [-0.05, 0) is 45.8 Å². The second-order valence-electron chi connectivity index (χ2n) is 4.03. The van der Waals surface area contributed by atoms with Gasteiger partial charge in [-0.15, -0.1) is 22.7 Å². The highest BCUT2D eigenvalue weighted by Crippen LogP contribution is 2.45. The molecule has 0 spiro atoms. The Bertz CT molecular complexity index is 533. The number of hydrogen-bond acceptors (Lipinski definition) is 3. The predicted octanol–water partition coefficient (Wildman–Crippen LogP) is 6.50. The maximum Gasteiger partial charge on any atom is 0.107 e. The van der Waals surface area contributed by atoms with Crippen molar-refractivity contribution in [3.63, 3.8) is 0 Å². The van der Waals surface area contributed by atoms with Crippen molar-refractivity contribution in [3.8, 4) is 0 Å². The van der Waals surface area contributed by atoms with E-state index in [1.54, 1.807) is 16.2 Å². The molecule has 3 heterocycles. The predicted molar refractivity (Wildman–Crippen MR) is 92.0 cm³/mol. The van der Waals surface area contributed by atoms with Crippen LogP contribution in [0.1, 0.15) is 25.0 Å². The molecule has 1 atom stereocenters. The molecule has 1 aliphatic heterocycles. The maximum absolute atomic E-state index is 6.11. The molecule has 0 saturated heterocycles. The SMILES string of the molecule is Clc1sc(C(Br)c2cc3c(s2)CCSC3)cc1Br. The Hall–Kier alpha value is 1.000. The van der Waals surface area contributed by atoms with E-state index in [-0.39, 0.29) is 4.83 Å². The van der Waals surface area contributed by atoms with E-state index in [0.717, 1.165) is 8.81 Å². The van der Waals surface area contributed by atoms with Crippen LogP contribution in [0, 0.1) is 0 Å². The van der Waals surface area contributed by atoms with Gasteiger partial charge in [-0.3, -0.25) is 0 Å². The van der Waals surface area contributed by atoms with Crippen LogP contribution in [0.5, 0.6) is 0 Å². The van der Waals surface area contributed by atoms with E-state index in [0.29, 0.717) is 0 Å². The van der Waals surface area contributed by atoms with Crippen molar-refractivity contribution in [2.24, 2.45) is 0 Å². The third kappa shape index (κ3) is 2.72. The summed E-state index contributed by atoms with van der Waals surface area (Å²) in [5, 5.41) is 0. The molecule has 3 rings (SSSR count). The molecule has 0 nitrogen and oxygen atoms in total. The lowest BCUT2D eigenvalue weighted by molar-refractivity contribution is 1.13. The van der Waals surface area contributed by atoms with Crippen LogP contribution < -0.4 is 0 Å². The number of alkyl halides is 1. The zero-order chi connectivity index (χ0) is 12.7. The lowest BCUT2D eigenvalue weighted by Crippen LogP contribution is -1.96. The van der Waals surface area contributed by atoms with Gasteiger partial charge in [0.15, 0.2) is 0 Å². The minimum absolute atomic E-state index is 0.270. The molecular weight excluding hydrogens is 436 g/mol. The lowest BCUT2D eigenvalue weighted by atomic mass is 10.2. The summed E-state index contributed by atoms with van der Waals surface area (Å²) in [5.74, 6) is 2.43. The van der Waals surface area contributed by atoms with Crippen molar-refractivity contribution in [2.45, 2.75) is 17.0 Å². The maximum atomic E-state index is 6.11. The van der Waals surface area contributed by atoms with Gasteiger partial charge in [-0.25, -0.2) is 0 Å². The number of fused-ring (bicyclic) bond motifs is 1. The Kier molecular flexibility index (Phi) is 4.48. The van der Waals surface area contributed by atoms with Crippen LogP contribution in [-0.2, 0) is 12.2 Å². The topological polar surface area (TPSA) is 0 Å². The van der Waals surface area contributed by atoms with Crippen LogP contribution in [-0.4, -0.2) is 5.75 Å². The average molecular weight is 445 g/mol. The highest BCUT2D eigenvalue weighted by Gasteiger charge is 2.20. The van der Waals surface area contributed by atoms with Gasteiger partial charge in [0.1, 0.15) is 4.34 Å². The van der Waals surface area contributed by atoms with E-state index in [1.807, 2.05) is 23.1 Å². The van der Waals surface area contributed by atoms with Gasteiger partial charge in [-0.2, -0.15) is 11.8 Å². The van der Waals surface area contributed by atoms with E-state index in [9.17, 15) is 0 Å². The fourth-order valence-electron chi connectivity index (χ4n) is 1.92. The summed E-state index contributed by atoms with van der Waals surface area (Å²) in [6, 6.07) is 4.47. The monoisotopic (exact) mass is 442 g/mol. The highest BCUT2D eigenvalue weighted by atomic mass is 79.9. The molecule has 0 radical (unpaired) electrons. The van der Waals surface area contributed by atoms with Gasteiger partial charge in [0.05, 0.1) is 4.83 Å². The first-order valence-electron chi connectivity index (χ1n) is 5.43. The van der Waals surface area contributed by atoms with E-state index in [1.165, 1.54) is 33.2 Å². The van der Waals surface area contributed by atoms with Gasteiger partial charge >= 0.3 is 0 Å². The number of rotatable bonds is 2. The van der Waals surface area contributed by atoms with Crippen molar-refractivity contribution >= 4 is 77.9 Å². The molecule has 96 valence electrons. The van der Waals surface area contributed by atoms with Crippen molar-refractivity contribution in [2.75, 3.05) is 5.75 Å². The number of thiophene rings is 2. The van der Waals surface area contributed by atoms with Gasteiger partial charge in [-0.1, -0.05) is 27.5 Å². The van der Waals surface area contributed by atoms with Crippen LogP contribution in [0.2, 0.25) is 4.34 Å². The summed E-state index contributed by atoms with van der Waals surface area (Å²) in [6.07, 6.45) is 1.22. The van der Waals surface area contributed by atoms with E-state index in [4.69, 9.17) is 11.6 Å². The molecule has 0 aliphatic carbocycles. The fourth-order valence-corrected chi connectivity index (χ4v) is 6.93. The Labute approximate surface area is 140 Å². The second-order valence-corrected chi connectivity index (χ2v) is 9.76. The summed E-state index contributed by atoms with van der Waals surface area (Å²) < 4.78 is 1.82. The van der Waals surface area contributed by atoms with E-state index >= 15 is 0 Å². The van der Waals surface area contributed by atoms with Crippen LogP contribution in [0.3, 0.4) is 0 Å². The Morgan fingerprint density at radius 3 is 2.67 bits per heavy atom. The summed E-state index contributed by atoms with van der Waals surface area (Å²) >= 11 is 19.0. The van der Waals surface area contributed by atoms with E-state index < -0.39 is 0 Å². The molecule has 1 aliphatic rings. The smallest absolute Gasteiger partial charge is 0.107 e. The molecule has 0 amide bonds. The van der Waals surface area contributed by atoms with Crippen LogP contribution in [0.15, 0.2) is 16.6 Å². The normalized spacial score (nSPS) is 16.6. The van der Waals surface area contributed by atoms with Crippen molar-refractivity contribution in [1.82, 2.24) is 0 Å². The quantitative estimate of drug-likeness (QED) is 0.477. The van der Waals surface area contributed by atoms with Gasteiger partial charge in [0.25, 0.3) is 0 Å². The van der Waals surface area contributed by atoms with Gasteiger partial charge in [0, 0.05) is 24.9 Å². The Morgan fingerprint density at radius 1 is 1.22 bits per heavy atom. The zero-order valence-corrected chi connectivity index (χ0v) is 15.6. The van der Waals surface area contributed by atoms with E-state index in [2.05, 4.69) is 44.0 Å². The summed E-state index contributed by atoms with van der Waals surface area (Å²) in [5.41, 5.74) is 1.53. The lowest BCUT2D eigenvalue weighted by Gasteiger charge is -2.08. The molecule has 2 aromatic rings. The summed E-state index contributed by atoms with van der Waals surface area (Å²) in [7, 11) is 0. The zero-order valence-electron chi connectivity index (χ0n) is 9.21. The van der Waals surface area contributed by atoms with Crippen LogP contribution in [0.25, 0.3) is 0 Å². The largest absolute Gasteiger partial charge is 0.157 e. The third-order valence-electron chi connectivity index (χ3n) is 2.81. The standard InChI is InChI=1S/C12H9Br2ClS3/c13-7-4-10(18-12(7)15)11(14)9-3-6-5-16-2-1-8(6)17-9/h3-4,11H,1-2,5H2. The number of hydrogen-bond donors (Lipinski definition) is 0. The summed E-state index contributed by atoms with van der Waals surface area (Å²) in [4.78, 5) is 4.49. The highest BCUT2D eigenvalue weighted by molar-refractivity contribution is 9.10. The van der Waals surface area contributed by atoms with Crippen molar-refractivity contribution in [1.29, 1.82) is 0 Å². The van der Waals surface area contributed by atoms with Crippen molar-refractivity contribution in [3.05, 3.63) is 41.1 Å². The molecule has 0 N–H and O–H groups in total. The fraction of sp³-hybridized carbons (Fsp3) is 0.333. The minimum atomic E-state index is 0.270. The Morgan fingerprint density at radius 2 is 2.00 bits per heavy atom. The molecule has 2 aromatic heterocycles. The van der Waals surface area contributed by atoms with Gasteiger partial charge in [0.2, 0.25) is 0 Å². The number of aryl methyl sites for hydroxylation is 1. The van der Waals surface area contributed by atoms with Gasteiger partial charge < -0.3 is 0 Å². The first-order valence-corrected chi connectivity index (χ1v) is 10.3. The summed E-state index contributed by atoms with van der Waals surface area (Å²) in [6.45, 7) is 0. The van der Waals surface area contributed by atoms with Crippen molar-refractivity contribution < 1.29 is 0 Å². The first kappa shape index (κ1) is 14.0. The molecule has 0 aromatic carbocycles. The average Bonchev–Trinajstić information content (AvgIpc) is 2.93. The third-order valence-corrected chi connectivity index (χ3v) is 9.25. The Balaban J connectivity index is 1.92. The minimum Gasteiger partial charge on any atom is -0.157 e. The first-order chi connectivity index (χ1) is 8.65. The molecule has 0 bridgehead atoms. The molecule has 18 heavy (non-hydrogen) atoms. The number of halogens is 3. The second kappa shape index (κ2) is 5.78. The molecule has 1 unspecified atom stereocenters. The number of thioether (sulfide) groups is 1. The molecule has 6 heteroatoms. The molecular formula is C12H9Br2ClS3. The van der Waals surface area contributed by atoms with Crippen LogP contribution >= 0.6 is 77.9 Å². The molecule has 0 fully saturated rings. The van der Waals surface area contributed by atoms with Crippen LogP contribution in [0.4, 0.5) is 0 Å². The molecule has 0 saturated carbocycles.